The molecule has 2 rings (SSSR count). The Labute approximate surface area is 117 Å². The number of carbonyl (C=O) groups excluding carboxylic acids is 1. The fraction of sp³-hybridized carbons (Fsp3) is 0.286. The number of nitrogens with zero attached hydrogens (tertiary/aromatic N) is 3. The van der Waals surface area contributed by atoms with Crippen molar-refractivity contribution < 1.29 is 9.53 Å². The summed E-state index contributed by atoms with van der Waals surface area (Å²) in [7, 11) is 3.61. The Morgan fingerprint density at radius 1 is 1.50 bits per heavy atom. The third-order valence-corrected chi connectivity index (χ3v) is 2.95. The third kappa shape index (κ3) is 3.50. The smallest absolute Gasteiger partial charge is 0.260 e. The van der Waals surface area contributed by atoms with Crippen molar-refractivity contribution in [1.82, 2.24) is 14.5 Å². The number of aryl methyl sites for hydroxylation is 1. The highest BCUT2D eigenvalue weighted by Crippen LogP contribution is 2.14. The monoisotopic (exact) mass is 274 g/mol. The van der Waals surface area contributed by atoms with Crippen molar-refractivity contribution in [3.8, 4) is 5.75 Å². The van der Waals surface area contributed by atoms with E-state index in [1.165, 1.54) is 0 Å². The van der Waals surface area contributed by atoms with Gasteiger partial charge in [-0.25, -0.2) is 4.98 Å². The Kier molecular flexibility index (Phi) is 4.24. The first-order valence-corrected chi connectivity index (χ1v) is 6.25. The van der Waals surface area contributed by atoms with E-state index >= 15 is 0 Å². The number of imidazole rings is 1. The SMILES string of the molecule is CN(Cc1nccn1C)C(=O)COc1cccc(N)c1. The van der Waals surface area contributed by atoms with Gasteiger partial charge in [0, 0.05) is 38.2 Å². The number of likely N-dealkylation sites (N-methyl/N-ethyl adjacent to an activating group) is 1. The zero-order chi connectivity index (χ0) is 14.5. The molecule has 0 spiro atoms. The van der Waals surface area contributed by atoms with Crippen LogP contribution in [0.3, 0.4) is 0 Å². The van der Waals surface area contributed by atoms with Crippen LogP contribution in [0.4, 0.5) is 5.69 Å². The molecule has 6 heteroatoms. The standard InChI is InChI=1S/C14H18N4O2/c1-17-7-6-16-13(17)9-18(2)14(19)10-20-12-5-3-4-11(15)8-12/h3-8H,9-10,15H2,1-2H3. The van der Waals surface area contributed by atoms with Crippen molar-refractivity contribution in [2.75, 3.05) is 19.4 Å². The number of hydrogen-bond acceptors (Lipinski definition) is 4. The van der Waals surface area contributed by atoms with Crippen molar-refractivity contribution in [2.45, 2.75) is 6.54 Å². The number of nitrogens with two attached hydrogens (primary N) is 1. The molecule has 0 radical (unpaired) electrons. The summed E-state index contributed by atoms with van der Waals surface area (Å²) in [5, 5.41) is 0. The van der Waals surface area contributed by atoms with Crippen LogP contribution < -0.4 is 10.5 Å². The molecule has 106 valence electrons. The van der Waals surface area contributed by atoms with Gasteiger partial charge < -0.3 is 19.9 Å². The van der Waals surface area contributed by atoms with Crippen molar-refractivity contribution in [1.29, 1.82) is 0 Å². The second kappa shape index (κ2) is 6.10. The van der Waals surface area contributed by atoms with Gasteiger partial charge in [0.05, 0.1) is 6.54 Å². The number of aromatic nitrogens is 2. The summed E-state index contributed by atoms with van der Waals surface area (Å²) in [5.74, 6) is 1.30. The van der Waals surface area contributed by atoms with Gasteiger partial charge in [0.2, 0.25) is 0 Å². The molecule has 1 aromatic carbocycles. The van der Waals surface area contributed by atoms with E-state index in [0.717, 1.165) is 5.82 Å². The summed E-state index contributed by atoms with van der Waals surface area (Å²) in [6.07, 6.45) is 3.55. The van der Waals surface area contributed by atoms with Gasteiger partial charge in [-0.05, 0) is 12.1 Å². The topological polar surface area (TPSA) is 73.4 Å². The van der Waals surface area contributed by atoms with Crippen LogP contribution in [-0.4, -0.2) is 34.0 Å². The van der Waals surface area contributed by atoms with Crippen LogP contribution in [0.5, 0.6) is 5.75 Å². The van der Waals surface area contributed by atoms with Crippen LogP contribution in [0.2, 0.25) is 0 Å². The molecule has 2 N–H and O–H groups in total. The van der Waals surface area contributed by atoms with E-state index in [1.807, 2.05) is 17.8 Å². The second-order valence-corrected chi connectivity index (χ2v) is 4.57. The molecule has 0 aliphatic heterocycles. The minimum absolute atomic E-state index is 0.0234. The molecule has 1 amide bonds. The molecule has 2 aromatic rings. The Morgan fingerprint density at radius 3 is 2.95 bits per heavy atom. The maximum atomic E-state index is 12.0. The zero-order valence-electron chi connectivity index (χ0n) is 11.6. The molecule has 1 aromatic heterocycles. The number of amides is 1. The lowest BCUT2D eigenvalue weighted by molar-refractivity contribution is -0.132. The molecular formula is C14H18N4O2. The number of rotatable bonds is 5. The normalized spacial score (nSPS) is 10.3. The summed E-state index contributed by atoms with van der Waals surface area (Å²) in [6, 6.07) is 7.00. The Bertz CT molecular complexity index is 594. The maximum Gasteiger partial charge on any atom is 0.260 e. The highest BCUT2D eigenvalue weighted by Gasteiger charge is 2.12. The average Bonchev–Trinajstić information content (AvgIpc) is 2.81. The number of ether oxygens (including phenoxy) is 1. The van der Waals surface area contributed by atoms with E-state index in [-0.39, 0.29) is 12.5 Å². The first kappa shape index (κ1) is 13.9. The number of hydrogen-bond donors (Lipinski definition) is 1. The van der Waals surface area contributed by atoms with Crippen molar-refractivity contribution in [3.05, 3.63) is 42.5 Å². The summed E-state index contributed by atoms with van der Waals surface area (Å²) in [4.78, 5) is 17.7. The molecule has 0 unspecified atom stereocenters. The van der Waals surface area contributed by atoms with Gasteiger partial charge in [0.1, 0.15) is 11.6 Å². The van der Waals surface area contributed by atoms with Crippen LogP contribution in [-0.2, 0) is 18.4 Å². The van der Waals surface area contributed by atoms with Crippen molar-refractivity contribution in [2.24, 2.45) is 7.05 Å². The molecule has 1 heterocycles. The molecule has 20 heavy (non-hydrogen) atoms. The summed E-state index contributed by atoms with van der Waals surface area (Å²) in [6.45, 7) is 0.424. The molecule has 0 atom stereocenters. The van der Waals surface area contributed by atoms with E-state index in [2.05, 4.69) is 4.98 Å². The lowest BCUT2D eigenvalue weighted by Crippen LogP contribution is -2.31. The fourth-order valence-corrected chi connectivity index (χ4v) is 1.71. The van der Waals surface area contributed by atoms with Gasteiger partial charge in [-0.1, -0.05) is 6.07 Å². The van der Waals surface area contributed by atoms with Gasteiger partial charge in [-0.2, -0.15) is 0 Å². The molecule has 0 saturated heterocycles. The largest absolute Gasteiger partial charge is 0.484 e. The summed E-state index contributed by atoms with van der Waals surface area (Å²) >= 11 is 0. The Hall–Kier alpha value is -2.50. The van der Waals surface area contributed by atoms with E-state index < -0.39 is 0 Å². The quantitative estimate of drug-likeness (QED) is 0.827. The molecule has 6 nitrogen and oxygen atoms in total. The first-order valence-electron chi connectivity index (χ1n) is 6.25. The minimum atomic E-state index is -0.115. The number of carbonyl (C=O) groups is 1. The number of nitrogen functional groups attached to an aromatic ring is 1. The zero-order valence-corrected chi connectivity index (χ0v) is 11.6. The number of benzene rings is 1. The van der Waals surface area contributed by atoms with E-state index in [0.29, 0.717) is 18.0 Å². The molecule has 0 saturated carbocycles. The fourth-order valence-electron chi connectivity index (χ4n) is 1.71. The minimum Gasteiger partial charge on any atom is -0.484 e. The summed E-state index contributed by atoms with van der Waals surface area (Å²) < 4.78 is 7.30. The van der Waals surface area contributed by atoms with Gasteiger partial charge in [0.15, 0.2) is 6.61 Å². The summed E-state index contributed by atoms with van der Waals surface area (Å²) in [5.41, 5.74) is 6.25. The van der Waals surface area contributed by atoms with Gasteiger partial charge in [-0.3, -0.25) is 4.79 Å². The predicted octanol–water partition coefficient (Wildman–Crippen LogP) is 1.04. The predicted molar refractivity (Wildman–Crippen MR) is 76.0 cm³/mol. The van der Waals surface area contributed by atoms with E-state index in [9.17, 15) is 4.79 Å². The average molecular weight is 274 g/mol. The van der Waals surface area contributed by atoms with Gasteiger partial charge in [-0.15, -0.1) is 0 Å². The van der Waals surface area contributed by atoms with Crippen molar-refractivity contribution >= 4 is 11.6 Å². The van der Waals surface area contributed by atoms with Crippen LogP contribution >= 0.6 is 0 Å². The first-order chi connectivity index (χ1) is 9.56. The molecule has 0 bridgehead atoms. The van der Waals surface area contributed by atoms with Crippen molar-refractivity contribution in [3.63, 3.8) is 0 Å². The maximum absolute atomic E-state index is 12.0. The third-order valence-electron chi connectivity index (χ3n) is 2.95. The van der Waals surface area contributed by atoms with Crippen LogP contribution in [0, 0.1) is 0 Å². The highest BCUT2D eigenvalue weighted by atomic mass is 16.5. The Balaban J connectivity index is 1.87. The molecule has 0 aliphatic rings. The molecular weight excluding hydrogens is 256 g/mol. The van der Waals surface area contributed by atoms with Crippen LogP contribution in [0.1, 0.15) is 5.82 Å². The van der Waals surface area contributed by atoms with E-state index in [4.69, 9.17) is 10.5 Å². The molecule has 0 fully saturated rings. The lowest BCUT2D eigenvalue weighted by atomic mass is 10.3. The van der Waals surface area contributed by atoms with Gasteiger partial charge >= 0.3 is 0 Å². The second-order valence-electron chi connectivity index (χ2n) is 4.57. The van der Waals surface area contributed by atoms with Crippen LogP contribution in [0.25, 0.3) is 0 Å². The van der Waals surface area contributed by atoms with Crippen LogP contribution in [0.15, 0.2) is 36.7 Å². The lowest BCUT2D eigenvalue weighted by Gasteiger charge is -2.17. The molecule has 0 aliphatic carbocycles. The van der Waals surface area contributed by atoms with Gasteiger partial charge in [0.25, 0.3) is 5.91 Å². The Morgan fingerprint density at radius 2 is 2.30 bits per heavy atom. The highest BCUT2D eigenvalue weighted by molar-refractivity contribution is 5.77. The van der Waals surface area contributed by atoms with E-state index in [1.54, 1.807) is 42.4 Å². The number of anilines is 1.